The molecule has 2 amide bonds. The molecule has 1 atom stereocenters. The van der Waals surface area contributed by atoms with Crippen molar-refractivity contribution in [3.63, 3.8) is 0 Å². The summed E-state index contributed by atoms with van der Waals surface area (Å²) in [5.74, 6) is 0.286. The highest BCUT2D eigenvalue weighted by Gasteiger charge is 2.24. The lowest BCUT2D eigenvalue weighted by molar-refractivity contribution is -0.118. The second kappa shape index (κ2) is 9.71. The maximum absolute atomic E-state index is 12.9. The van der Waals surface area contributed by atoms with Gasteiger partial charge in [-0.1, -0.05) is 19.3 Å². The number of amides is 2. The quantitative estimate of drug-likeness (QED) is 0.592. The van der Waals surface area contributed by atoms with Gasteiger partial charge in [0.15, 0.2) is 5.65 Å². The zero-order valence-corrected chi connectivity index (χ0v) is 17.6. The van der Waals surface area contributed by atoms with Crippen molar-refractivity contribution in [2.24, 2.45) is 5.92 Å². The van der Waals surface area contributed by atoms with E-state index >= 15 is 0 Å². The highest BCUT2D eigenvalue weighted by Crippen LogP contribution is 2.31. The first-order valence-corrected chi connectivity index (χ1v) is 10.6. The lowest BCUT2D eigenvalue weighted by atomic mass is 9.84. The molecule has 0 aliphatic heterocycles. The van der Waals surface area contributed by atoms with Gasteiger partial charge in [-0.15, -0.1) is 0 Å². The molecule has 1 fully saturated rings. The zero-order valence-electron chi connectivity index (χ0n) is 17.6. The van der Waals surface area contributed by atoms with Crippen LogP contribution < -0.4 is 16.0 Å². The first-order valence-electron chi connectivity index (χ1n) is 10.6. The van der Waals surface area contributed by atoms with Crippen LogP contribution in [0.4, 0.5) is 5.69 Å². The van der Waals surface area contributed by atoms with Crippen LogP contribution >= 0.6 is 0 Å². The number of nitrogens with one attached hydrogen (secondary N) is 3. The van der Waals surface area contributed by atoms with Crippen LogP contribution in [0.1, 0.15) is 63.2 Å². The molecular weight excluding hydrogens is 368 g/mol. The first kappa shape index (κ1) is 21.1. The summed E-state index contributed by atoms with van der Waals surface area (Å²) < 4.78 is 1.84. The Hall–Kier alpha value is -2.64. The summed E-state index contributed by atoms with van der Waals surface area (Å²) in [7, 11) is 0. The Morgan fingerprint density at radius 2 is 1.90 bits per heavy atom. The average Bonchev–Trinajstić information content (AvgIpc) is 3.15. The third-order valence-electron chi connectivity index (χ3n) is 5.72. The molecule has 29 heavy (non-hydrogen) atoms. The summed E-state index contributed by atoms with van der Waals surface area (Å²) in [6.45, 7) is 7.16. The molecule has 8 heteroatoms. The van der Waals surface area contributed by atoms with Crippen LogP contribution in [0.5, 0.6) is 0 Å². The number of carbonyl (C=O) groups is 2. The molecule has 1 aliphatic rings. The van der Waals surface area contributed by atoms with Gasteiger partial charge in [-0.05, 0) is 32.6 Å². The normalized spacial score (nSPS) is 15.8. The van der Waals surface area contributed by atoms with E-state index in [0.717, 1.165) is 23.3 Å². The van der Waals surface area contributed by atoms with Crippen LogP contribution in [0.15, 0.2) is 12.4 Å². The van der Waals surface area contributed by atoms with E-state index in [9.17, 15) is 9.59 Å². The number of pyridine rings is 1. The minimum atomic E-state index is -0.202. The second-order valence-corrected chi connectivity index (χ2v) is 7.81. The van der Waals surface area contributed by atoms with Gasteiger partial charge in [0.05, 0.1) is 22.8 Å². The van der Waals surface area contributed by atoms with Crippen LogP contribution in [0.2, 0.25) is 0 Å². The van der Waals surface area contributed by atoms with Crippen LogP contribution in [-0.4, -0.2) is 45.7 Å². The summed E-state index contributed by atoms with van der Waals surface area (Å²) in [6, 6.07) is 0.261. The van der Waals surface area contributed by atoms with E-state index in [1.807, 2.05) is 11.6 Å². The van der Waals surface area contributed by atoms with Crippen molar-refractivity contribution in [2.45, 2.75) is 65.5 Å². The maximum atomic E-state index is 12.9. The van der Waals surface area contributed by atoms with Crippen LogP contribution in [0, 0.1) is 5.92 Å². The fraction of sp³-hybridized carbons (Fsp3) is 0.619. The standard InChI is InChI=1S/C21H32N6O2/c1-4-27-20-17(13-25-27)19(26-14(2)16-8-6-5-7-9-16)18(12-24-20)21(29)23-11-10-22-15(3)28/h12-14,16H,4-11H2,1-3H3,(H,22,28)(H,23,29)(H,24,26)/t14-/m1/s1. The number of hydrogen-bond donors (Lipinski definition) is 3. The Balaban J connectivity index is 1.84. The maximum Gasteiger partial charge on any atom is 0.255 e. The van der Waals surface area contributed by atoms with Crippen molar-refractivity contribution in [3.05, 3.63) is 18.0 Å². The first-order chi connectivity index (χ1) is 14.0. The van der Waals surface area contributed by atoms with Crippen molar-refractivity contribution in [1.29, 1.82) is 0 Å². The Morgan fingerprint density at radius 3 is 2.59 bits per heavy atom. The molecule has 2 aromatic rings. The fourth-order valence-corrected chi connectivity index (χ4v) is 4.08. The number of aryl methyl sites for hydroxylation is 1. The van der Waals surface area contributed by atoms with E-state index < -0.39 is 0 Å². The third kappa shape index (κ3) is 5.05. The van der Waals surface area contributed by atoms with E-state index in [1.165, 1.54) is 39.0 Å². The lowest BCUT2D eigenvalue weighted by Crippen LogP contribution is -2.34. The number of hydrogen-bond acceptors (Lipinski definition) is 5. The monoisotopic (exact) mass is 400 g/mol. The van der Waals surface area contributed by atoms with Gasteiger partial charge in [-0.2, -0.15) is 5.10 Å². The number of aromatic nitrogens is 3. The van der Waals surface area contributed by atoms with Gasteiger partial charge >= 0.3 is 0 Å². The minimum Gasteiger partial charge on any atom is -0.381 e. The number of anilines is 1. The minimum absolute atomic E-state index is 0.113. The lowest BCUT2D eigenvalue weighted by Gasteiger charge is -2.29. The molecule has 1 saturated carbocycles. The van der Waals surface area contributed by atoms with Gasteiger partial charge in [0.1, 0.15) is 0 Å². The van der Waals surface area contributed by atoms with Crippen LogP contribution in [0.3, 0.4) is 0 Å². The number of fused-ring (bicyclic) bond motifs is 1. The van der Waals surface area contributed by atoms with Crippen molar-refractivity contribution < 1.29 is 9.59 Å². The molecule has 0 saturated heterocycles. The van der Waals surface area contributed by atoms with Gasteiger partial charge in [-0.3, -0.25) is 9.59 Å². The predicted molar refractivity (Wildman–Crippen MR) is 114 cm³/mol. The molecule has 1 aliphatic carbocycles. The fourth-order valence-electron chi connectivity index (χ4n) is 4.08. The van der Waals surface area contributed by atoms with Gasteiger partial charge in [0.2, 0.25) is 5.91 Å². The molecule has 0 bridgehead atoms. The van der Waals surface area contributed by atoms with Crippen molar-refractivity contribution in [3.8, 4) is 0 Å². The van der Waals surface area contributed by atoms with Crippen LogP contribution in [0.25, 0.3) is 11.0 Å². The molecule has 3 rings (SSSR count). The van der Waals surface area contributed by atoms with E-state index in [-0.39, 0.29) is 17.9 Å². The Bertz CT molecular complexity index is 856. The average molecular weight is 401 g/mol. The van der Waals surface area contributed by atoms with E-state index in [4.69, 9.17) is 0 Å². The molecule has 0 aromatic carbocycles. The summed E-state index contributed by atoms with van der Waals surface area (Å²) in [5.41, 5.74) is 2.09. The second-order valence-electron chi connectivity index (χ2n) is 7.81. The highest BCUT2D eigenvalue weighted by atomic mass is 16.2. The smallest absolute Gasteiger partial charge is 0.255 e. The molecule has 2 aromatic heterocycles. The molecule has 0 unspecified atom stereocenters. The Morgan fingerprint density at radius 1 is 1.17 bits per heavy atom. The highest BCUT2D eigenvalue weighted by molar-refractivity contribution is 6.06. The number of carbonyl (C=O) groups excluding carboxylic acids is 2. The molecule has 0 spiro atoms. The summed E-state index contributed by atoms with van der Waals surface area (Å²) >= 11 is 0. The molecule has 0 radical (unpaired) electrons. The molecular formula is C21H32N6O2. The Labute approximate surface area is 171 Å². The van der Waals surface area contributed by atoms with Gasteiger partial charge in [0, 0.05) is 38.8 Å². The number of nitrogens with zero attached hydrogens (tertiary/aromatic N) is 3. The molecule has 158 valence electrons. The van der Waals surface area contributed by atoms with Crippen molar-refractivity contribution >= 4 is 28.5 Å². The largest absolute Gasteiger partial charge is 0.381 e. The SMILES string of the molecule is CCn1ncc2c(N[C@H](C)C3CCCCC3)c(C(=O)NCCNC(C)=O)cnc21. The Kier molecular flexibility index (Phi) is 7.06. The van der Waals surface area contributed by atoms with Crippen LogP contribution in [-0.2, 0) is 11.3 Å². The van der Waals surface area contributed by atoms with Gasteiger partial charge in [0.25, 0.3) is 5.91 Å². The van der Waals surface area contributed by atoms with Crippen molar-refractivity contribution in [1.82, 2.24) is 25.4 Å². The topological polar surface area (TPSA) is 101 Å². The van der Waals surface area contributed by atoms with Gasteiger partial charge in [-0.25, -0.2) is 9.67 Å². The van der Waals surface area contributed by atoms with E-state index in [0.29, 0.717) is 24.6 Å². The molecule has 2 heterocycles. The third-order valence-corrected chi connectivity index (χ3v) is 5.72. The van der Waals surface area contributed by atoms with E-state index in [1.54, 1.807) is 12.4 Å². The predicted octanol–water partition coefficient (Wildman–Crippen LogP) is 2.70. The summed E-state index contributed by atoms with van der Waals surface area (Å²) in [5, 5.41) is 14.5. The van der Waals surface area contributed by atoms with Gasteiger partial charge < -0.3 is 16.0 Å². The molecule has 3 N–H and O–H groups in total. The number of rotatable bonds is 8. The summed E-state index contributed by atoms with van der Waals surface area (Å²) in [4.78, 5) is 28.4. The van der Waals surface area contributed by atoms with E-state index in [2.05, 4.69) is 33.0 Å². The molecule has 8 nitrogen and oxygen atoms in total. The zero-order chi connectivity index (χ0) is 20.8. The van der Waals surface area contributed by atoms with Crippen molar-refractivity contribution in [2.75, 3.05) is 18.4 Å². The summed E-state index contributed by atoms with van der Waals surface area (Å²) in [6.07, 6.45) is 9.70.